The van der Waals surface area contributed by atoms with Crippen molar-refractivity contribution in [2.24, 2.45) is 4.99 Å². The number of thiazole rings is 1. The Hall–Kier alpha value is -0.710. The molecule has 0 saturated carbocycles. The van der Waals surface area contributed by atoms with Crippen LogP contribution in [0.1, 0.15) is 9.75 Å². The van der Waals surface area contributed by atoms with E-state index in [9.17, 15) is 0 Å². The number of aryl methyl sites for hydroxylation is 1. The quantitative estimate of drug-likeness (QED) is 0.733. The van der Waals surface area contributed by atoms with E-state index in [1.165, 1.54) is 16.2 Å². The van der Waals surface area contributed by atoms with Crippen LogP contribution in [0.3, 0.4) is 0 Å². The summed E-state index contributed by atoms with van der Waals surface area (Å²) in [5.41, 5.74) is 0. The number of hydrogen-bond acceptors (Lipinski definition) is 4. The molecule has 0 aliphatic heterocycles. The normalized spacial score (nSPS) is 11.3. The van der Waals surface area contributed by atoms with E-state index < -0.39 is 0 Å². The topological polar surface area (TPSA) is 25.2 Å². The fourth-order valence-electron chi connectivity index (χ4n) is 0.919. The number of halogens is 1. The van der Waals surface area contributed by atoms with Crippen molar-refractivity contribution < 1.29 is 0 Å². The molecule has 2 heterocycles. The monoisotopic (exact) mass is 242 g/mol. The van der Waals surface area contributed by atoms with Crippen LogP contribution in [0.15, 0.2) is 23.3 Å². The number of hydrogen-bond donors (Lipinski definition) is 0. The first-order chi connectivity index (χ1) is 6.74. The first kappa shape index (κ1) is 9.83. The summed E-state index contributed by atoms with van der Waals surface area (Å²) in [6.07, 6.45) is 3.60. The highest BCUT2D eigenvalue weighted by molar-refractivity contribution is 7.17. The average molecular weight is 243 g/mol. The lowest BCUT2D eigenvalue weighted by Crippen LogP contribution is -1.69. The first-order valence-corrected chi connectivity index (χ1v) is 5.97. The van der Waals surface area contributed by atoms with Gasteiger partial charge in [0.05, 0.1) is 4.34 Å². The van der Waals surface area contributed by atoms with E-state index in [1.54, 1.807) is 17.6 Å². The van der Waals surface area contributed by atoms with Gasteiger partial charge in [0.15, 0.2) is 0 Å². The summed E-state index contributed by atoms with van der Waals surface area (Å²) in [5.74, 6) is 0. The number of aliphatic imine (C=N–C) groups is 1. The third-order valence-electron chi connectivity index (χ3n) is 1.51. The molecule has 0 aromatic carbocycles. The van der Waals surface area contributed by atoms with E-state index in [0.717, 1.165) is 14.3 Å². The highest BCUT2D eigenvalue weighted by Crippen LogP contribution is 2.22. The second-order valence-electron chi connectivity index (χ2n) is 2.65. The standard InChI is InChI=1S/C9H7ClN2S2/c1-6-4-11-9(13-6)12-5-7-2-3-8(10)14-7/h2-5H,1H3/b12-5+. The highest BCUT2D eigenvalue weighted by Gasteiger charge is 1.96. The summed E-state index contributed by atoms with van der Waals surface area (Å²) in [6.45, 7) is 2.01. The summed E-state index contributed by atoms with van der Waals surface area (Å²) >= 11 is 8.87. The number of thiophene rings is 1. The van der Waals surface area contributed by atoms with E-state index in [1.807, 2.05) is 25.3 Å². The molecule has 0 saturated heterocycles. The Morgan fingerprint density at radius 3 is 2.86 bits per heavy atom. The molecule has 0 amide bonds. The molecule has 0 unspecified atom stereocenters. The van der Waals surface area contributed by atoms with Gasteiger partial charge in [-0.15, -0.1) is 22.7 Å². The Bertz CT molecular complexity index is 417. The van der Waals surface area contributed by atoms with Crippen LogP contribution in [0, 0.1) is 6.92 Å². The summed E-state index contributed by atoms with van der Waals surface area (Å²) < 4.78 is 0.779. The van der Waals surface area contributed by atoms with Crippen molar-refractivity contribution in [1.82, 2.24) is 4.98 Å². The lowest BCUT2D eigenvalue weighted by molar-refractivity contribution is 1.34. The van der Waals surface area contributed by atoms with Crippen LogP contribution in [0.2, 0.25) is 4.34 Å². The minimum atomic E-state index is 0.779. The minimum Gasteiger partial charge on any atom is -0.227 e. The summed E-state index contributed by atoms with van der Waals surface area (Å²) in [6, 6.07) is 3.80. The first-order valence-electron chi connectivity index (χ1n) is 3.96. The Labute approximate surface area is 94.9 Å². The van der Waals surface area contributed by atoms with Gasteiger partial charge in [0.25, 0.3) is 0 Å². The van der Waals surface area contributed by atoms with Gasteiger partial charge in [-0.05, 0) is 19.1 Å². The molecule has 2 aromatic heterocycles. The molecule has 14 heavy (non-hydrogen) atoms. The zero-order valence-corrected chi connectivity index (χ0v) is 9.79. The molecular formula is C9H7ClN2S2. The molecule has 0 aliphatic rings. The summed E-state index contributed by atoms with van der Waals surface area (Å²) in [7, 11) is 0. The van der Waals surface area contributed by atoms with Crippen LogP contribution in [0.25, 0.3) is 0 Å². The molecule has 72 valence electrons. The molecule has 2 nitrogen and oxygen atoms in total. The van der Waals surface area contributed by atoms with Gasteiger partial charge in [-0.1, -0.05) is 11.6 Å². The molecule has 0 spiro atoms. The molecule has 0 atom stereocenters. The molecule has 0 bridgehead atoms. The molecule has 0 aliphatic carbocycles. The zero-order chi connectivity index (χ0) is 9.97. The molecule has 2 aromatic rings. The molecular weight excluding hydrogens is 236 g/mol. The number of nitrogens with zero attached hydrogens (tertiary/aromatic N) is 2. The molecule has 0 radical (unpaired) electrons. The lowest BCUT2D eigenvalue weighted by Gasteiger charge is -1.82. The van der Waals surface area contributed by atoms with Crippen LogP contribution in [0.5, 0.6) is 0 Å². The summed E-state index contributed by atoms with van der Waals surface area (Å²) in [4.78, 5) is 10.6. The number of rotatable bonds is 2. The second kappa shape index (κ2) is 4.21. The van der Waals surface area contributed by atoms with Crippen LogP contribution >= 0.6 is 34.3 Å². The van der Waals surface area contributed by atoms with Crippen LogP contribution in [-0.4, -0.2) is 11.2 Å². The smallest absolute Gasteiger partial charge is 0.209 e. The van der Waals surface area contributed by atoms with Gasteiger partial charge < -0.3 is 0 Å². The van der Waals surface area contributed by atoms with Crippen molar-refractivity contribution in [3.05, 3.63) is 32.4 Å². The van der Waals surface area contributed by atoms with Crippen molar-refractivity contribution >= 4 is 45.6 Å². The Kier molecular flexibility index (Phi) is 2.96. The number of aromatic nitrogens is 1. The van der Waals surface area contributed by atoms with E-state index in [2.05, 4.69) is 9.98 Å². The van der Waals surface area contributed by atoms with Crippen LogP contribution in [-0.2, 0) is 0 Å². The third-order valence-corrected chi connectivity index (χ3v) is 3.49. The van der Waals surface area contributed by atoms with E-state index in [4.69, 9.17) is 11.6 Å². The van der Waals surface area contributed by atoms with Crippen LogP contribution < -0.4 is 0 Å². The zero-order valence-electron chi connectivity index (χ0n) is 7.40. The predicted octanol–water partition coefficient (Wildman–Crippen LogP) is 3.92. The maximum atomic E-state index is 5.79. The van der Waals surface area contributed by atoms with Gasteiger partial charge in [0, 0.05) is 22.2 Å². The fourth-order valence-corrected chi connectivity index (χ4v) is 2.46. The predicted molar refractivity (Wildman–Crippen MR) is 63.4 cm³/mol. The van der Waals surface area contributed by atoms with Crippen LogP contribution in [0.4, 0.5) is 5.13 Å². The largest absolute Gasteiger partial charge is 0.227 e. The SMILES string of the molecule is Cc1cnc(/N=C/c2ccc(Cl)s2)s1. The fraction of sp³-hybridized carbons (Fsp3) is 0.111. The Morgan fingerprint density at radius 1 is 1.43 bits per heavy atom. The maximum absolute atomic E-state index is 5.79. The average Bonchev–Trinajstić information content (AvgIpc) is 2.72. The van der Waals surface area contributed by atoms with Gasteiger partial charge in [-0.25, -0.2) is 9.98 Å². The maximum Gasteiger partial charge on any atom is 0.209 e. The minimum absolute atomic E-state index is 0.779. The van der Waals surface area contributed by atoms with Crippen molar-refractivity contribution in [3.8, 4) is 0 Å². The highest BCUT2D eigenvalue weighted by atomic mass is 35.5. The molecule has 0 fully saturated rings. The Morgan fingerprint density at radius 2 is 2.29 bits per heavy atom. The van der Waals surface area contributed by atoms with Gasteiger partial charge >= 0.3 is 0 Å². The van der Waals surface area contributed by atoms with Crippen molar-refractivity contribution in [2.45, 2.75) is 6.92 Å². The molecule has 0 N–H and O–H groups in total. The van der Waals surface area contributed by atoms with Gasteiger partial charge in [0.2, 0.25) is 5.13 Å². The third kappa shape index (κ3) is 2.41. The van der Waals surface area contributed by atoms with E-state index >= 15 is 0 Å². The van der Waals surface area contributed by atoms with Gasteiger partial charge in [-0.3, -0.25) is 0 Å². The molecule has 2 rings (SSSR count). The summed E-state index contributed by atoms with van der Waals surface area (Å²) in [5, 5.41) is 0.784. The Balaban J connectivity index is 2.14. The second-order valence-corrected chi connectivity index (χ2v) is 5.61. The van der Waals surface area contributed by atoms with Gasteiger partial charge in [0.1, 0.15) is 0 Å². The van der Waals surface area contributed by atoms with Crippen molar-refractivity contribution in [1.29, 1.82) is 0 Å². The van der Waals surface area contributed by atoms with E-state index in [-0.39, 0.29) is 0 Å². The van der Waals surface area contributed by atoms with Crippen molar-refractivity contribution in [2.75, 3.05) is 0 Å². The lowest BCUT2D eigenvalue weighted by atomic mass is 10.5. The van der Waals surface area contributed by atoms with Gasteiger partial charge in [-0.2, -0.15) is 0 Å². The molecule has 5 heteroatoms. The van der Waals surface area contributed by atoms with E-state index in [0.29, 0.717) is 0 Å². The van der Waals surface area contributed by atoms with Crippen molar-refractivity contribution in [3.63, 3.8) is 0 Å².